The highest BCUT2D eigenvalue weighted by molar-refractivity contribution is 5.74. The van der Waals surface area contributed by atoms with Crippen molar-refractivity contribution in [3.05, 3.63) is 52.9 Å². The number of rotatable bonds is 3. The fraction of sp³-hybridized carbons (Fsp3) is 0.333. The van der Waals surface area contributed by atoms with Gasteiger partial charge in [0.05, 0.1) is 0 Å². The maximum Gasteiger partial charge on any atom is -0.00748 e. The highest BCUT2D eigenvalue weighted by Gasteiger charge is 2.13. The molecule has 1 aliphatic carbocycles. The van der Waals surface area contributed by atoms with Gasteiger partial charge in [0.15, 0.2) is 0 Å². The van der Waals surface area contributed by atoms with Crippen LogP contribution in [0.2, 0.25) is 0 Å². The second-order valence-corrected chi connectivity index (χ2v) is 5.22. The molecule has 0 aromatic heterocycles. The van der Waals surface area contributed by atoms with Gasteiger partial charge >= 0.3 is 0 Å². The molecule has 18 heavy (non-hydrogen) atoms. The lowest BCUT2D eigenvalue weighted by atomic mass is 9.86. The predicted octanol–water partition coefficient (Wildman–Crippen LogP) is 3.80. The quantitative estimate of drug-likeness (QED) is 0.751. The SMILES string of the molecule is C=C(C)C1=c2c(C(=C)C)cccc2=C(CC)CC1. The molecule has 0 aliphatic heterocycles. The molecule has 1 aromatic rings. The van der Waals surface area contributed by atoms with Crippen LogP contribution in [0.25, 0.3) is 16.7 Å². The molecule has 0 atom stereocenters. The van der Waals surface area contributed by atoms with Crippen molar-refractivity contribution in [2.24, 2.45) is 0 Å². The minimum Gasteiger partial charge on any atom is -0.0958 e. The largest absolute Gasteiger partial charge is 0.0958 e. The smallest absolute Gasteiger partial charge is 0.00748 e. The van der Waals surface area contributed by atoms with E-state index in [1.165, 1.54) is 33.6 Å². The Morgan fingerprint density at radius 1 is 1.11 bits per heavy atom. The van der Waals surface area contributed by atoms with E-state index in [4.69, 9.17) is 0 Å². The normalized spacial score (nSPS) is 14.4. The predicted molar refractivity (Wildman–Crippen MR) is 81.6 cm³/mol. The summed E-state index contributed by atoms with van der Waals surface area (Å²) in [6, 6.07) is 6.59. The van der Waals surface area contributed by atoms with Crippen molar-refractivity contribution < 1.29 is 0 Å². The van der Waals surface area contributed by atoms with E-state index >= 15 is 0 Å². The first kappa shape index (κ1) is 12.9. The van der Waals surface area contributed by atoms with Gasteiger partial charge in [-0.15, -0.1) is 0 Å². The van der Waals surface area contributed by atoms with Gasteiger partial charge in [-0.3, -0.25) is 0 Å². The second-order valence-electron chi connectivity index (χ2n) is 5.22. The molecule has 0 nitrogen and oxygen atoms in total. The number of fused-ring (bicyclic) bond motifs is 1. The van der Waals surface area contributed by atoms with Crippen molar-refractivity contribution >= 4 is 16.7 Å². The molecule has 0 heterocycles. The lowest BCUT2D eigenvalue weighted by Gasteiger charge is -2.18. The Morgan fingerprint density at radius 3 is 2.39 bits per heavy atom. The van der Waals surface area contributed by atoms with Crippen LogP contribution >= 0.6 is 0 Å². The third kappa shape index (κ3) is 2.08. The van der Waals surface area contributed by atoms with Crippen molar-refractivity contribution in [3.8, 4) is 0 Å². The zero-order valence-electron chi connectivity index (χ0n) is 11.8. The number of benzene rings is 1. The van der Waals surface area contributed by atoms with E-state index in [0.29, 0.717) is 0 Å². The van der Waals surface area contributed by atoms with Crippen LogP contribution in [0.3, 0.4) is 0 Å². The summed E-state index contributed by atoms with van der Waals surface area (Å²) in [7, 11) is 0. The molecule has 0 amide bonds. The highest BCUT2D eigenvalue weighted by Crippen LogP contribution is 2.23. The van der Waals surface area contributed by atoms with Crippen molar-refractivity contribution in [2.45, 2.75) is 40.0 Å². The van der Waals surface area contributed by atoms with Gasteiger partial charge in [0.1, 0.15) is 0 Å². The van der Waals surface area contributed by atoms with E-state index in [9.17, 15) is 0 Å². The Morgan fingerprint density at radius 2 is 1.83 bits per heavy atom. The highest BCUT2D eigenvalue weighted by atomic mass is 14.2. The van der Waals surface area contributed by atoms with Crippen LogP contribution in [0, 0.1) is 0 Å². The summed E-state index contributed by atoms with van der Waals surface area (Å²) in [6.45, 7) is 14.7. The molecule has 2 rings (SSSR count). The van der Waals surface area contributed by atoms with Crippen LogP contribution in [0.5, 0.6) is 0 Å². The van der Waals surface area contributed by atoms with Crippen LogP contribution < -0.4 is 10.4 Å². The summed E-state index contributed by atoms with van der Waals surface area (Å²) < 4.78 is 0. The molecule has 94 valence electrons. The third-order valence-corrected chi connectivity index (χ3v) is 3.83. The molecule has 0 fully saturated rings. The molecule has 0 saturated heterocycles. The molecule has 0 bridgehead atoms. The first-order valence-corrected chi connectivity index (χ1v) is 6.72. The molecule has 0 N–H and O–H groups in total. The molecule has 0 saturated carbocycles. The molecular formula is C18H22. The Labute approximate surface area is 110 Å². The molecular weight excluding hydrogens is 216 g/mol. The second kappa shape index (κ2) is 4.97. The average Bonchev–Trinajstić information content (AvgIpc) is 2.36. The lowest BCUT2D eigenvalue weighted by Crippen LogP contribution is -2.35. The third-order valence-electron chi connectivity index (χ3n) is 3.83. The summed E-state index contributed by atoms with van der Waals surface area (Å²) in [6.07, 6.45) is 3.43. The van der Waals surface area contributed by atoms with Crippen LogP contribution in [0.4, 0.5) is 0 Å². The molecule has 0 unspecified atom stereocenters. The number of allylic oxidation sites excluding steroid dienone is 2. The minimum atomic E-state index is 1.12. The molecule has 0 heteroatoms. The summed E-state index contributed by atoms with van der Waals surface area (Å²) in [5, 5.41) is 2.81. The fourth-order valence-electron chi connectivity index (χ4n) is 2.86. The Balaban J connectivity index is 3.00. The molecule has 1 aromatic carbocycles. The first-order valence-electron chi connectivity index (χ1n) is 6.72. The van der Waals surface area contributed by atoms with Gasteiger partial charge in [-0.25, -0.2) is 0 Å². The van der Waals surface area contributed by atoms with Gasteiger partial charge in [0.25, 0.3) is 0 Å². The zero-order chi connectivity index (χ0) is 13.3. The van der Waals surface area contributed by atoms with Gasteiger partial charge in [0, 0.05) is 0 Å². The zero-order valence-corrected chi connectivity index (χ0v) is 11.8. The minimum absolute atomic E-state index is 1.12. The van der Waals surface area contributed by atoms with Crippen LogP contribution in [0.15, 0.2) is 36.9 Å². The summed E-state index contributed by atoms with van der Waals surface area (Å²) >= 11 is 0. The topological polar surface area (TPSA) is 0 Å². The standard InChI is InChI=1S/C18H22/c1-6-14-10-11-16(13(4)5)18-15(12(2)3)8-7-9-17(14)18/h7-9H,2,4,6,10-11H2,1,3,5H3. The summed E-state index contributed by atoms with van der Waals surface area (Å²) in [5.74, 6) is 0. The molecule has 0 radical (unpaired) electrons. The van der Waals surface area contributed by atoms with E-state index in [1.54, 1.807) is 5.57 Å². The van der Waals surface area contributed by atoms with E-state index in [-0.39, 0.29) is 0 Å². The maximum absolute atomic E-state index is 4.15. The van der Waals surface area contributed by atoms with Crippen LogP contribution in [-0.4, -0.2) is 0 Å². The Hall–Kier alpha value is -1.56. The van der Waals surface area contributed by atoms with Gasteiger partial charge < -0.3 is 0 Å². The van der Waals surface area contributed by atoms with Crippen molar-refractivity contribution in [3.63, 3.8) is 0 Å². The van der Waals surface area contributed by atoms with E-state index in [0.717, 1.165) is 18.4 Å². The Kier molecular flexibility index (Phi) is 3.56. The number of hydrogen-bond donors (Lipinski definition) is 0. The van der Waals surface area contributed by atoms with Crippen LogP contribution in [0.1, 0.15) is 45.6 Å². The van der Waals surface area contributed by atoms with Gasteiger partial charge in [0.2, 0.25) is 0 Å². The first-order chi connectivity index (χ1) is 8.56. The molecule has 0 spiro atoms. The van der Waals surface area contributed by atoms with E-state index < -0.39 is 0 Å². The van der Waals surface area contributed by atoms with Gasteiger partial charge in [-0.05, 0) is 54.7 Å². The van der Waals surface area contributed by atoms with Crippen LogP contribution in [-0.2, 0) is 0 Å². The summed E-state index contributed by atoms with van der Waals surface area (Å²) in [5.41, 5.74) is 6.61. The van der Waals surface area contributed by atoms with Crippen molar-refractivity contribution in [1.82, 2.24) is 0 Å². The van der Waals surface area contributed by atoms with Gasteiger partial charge in [-0.2, -0.15) is 0 Å². The maximum atomic E-state index is 4.15. The summed E-state index contributed by atoms with van der Waals surface area (Å²) in [4.78, 5) is 0. The average molecular weight is 238 g/mol. The van der Waals surface area contributed by atoms with Crippen molar-refractivity contribution in [1.29, 1.82) is 0 Å². The van der Waals surface area contributed by atoms with Crippen molar-refractivity contribution in [2.75, 3.05) is 0 Å². The Bertz CT molecular complexity index is 626. The van der Waals surface area contributed by atoms with Gasteiger partial charge in [-0.1, -0.05) is 55.0 Å². The molecule has 1 aliphatic rings. The van der Waals surface area contributed by atoms with E-state index in [2.05, 4.69) is 52.1 Å². The fourth-order valence-corrected chi connectivity index (χ4v) is 2.86. The number of hydrogen-bond acceptors (Lipinski definition) is 0. The lowest BCUT2D eigenvalue weighted by molar-refractivity contribution is 0.978. The van der Waals surface area contributed by atoms with E-state index in [1.807, 2.05) is 0 Å². The monoisotopic (exact) mass is 238 g/mol.